The molecule has 4 rings (SSSR count). The summed E-state index contributed by atoms with van der Waals surface area (Å²) in [4.78, 5) is 26.3. The predicted octanol–water partition coefficient (Wildman–Crippen LogP) is 4.37. The molecule has 0 saturated heterocycles. The summed E-state index contributed by atoms with van der Waals surface area (Å²) in [7, 11) is 0. The van der Waals surface area contributed by atoms with Crippen LogP contribution in [0.2, 0.25) is 0 Å². The van der Waals surface area contributed by atoms with E-state index < -0.39 is 0 Å². The van der Waals surface area contributed by atoms with Crippen LogP contribution in [0.5, 0.6) is 0 Å². The highest BCUT2D eigenvalue weighted by Crippen LogP contribution is 2.26. The van der Waals surface area contributed by atoms with Gasteiger partial charge in [0.25, 0.3) is 5.56 Å². The molecular formula is C23H24N2O3. The molecule has 2 aromatic carbocycles. The third-order valence-electron chi connectivity index (χ3n) is 5.31. The summed E-state index contributed by atoms with van der Waals surface area (Å²) in [6.45, 7) is 6.92. The zero-order valence-corrected chi connectivity index (χ0v) is 16.5. The normalized spacial score (nSPS) is 11.5. The van der Waals surface area contributed by atoms with Gasteiger partial charge in [0.15, 0.2) is 0 Å². The van der Waals surface area contributed by atoms with Gasteiger partial charge in [0.05, 0.1) is 6.54 Å². The largest absolute Gasteiger partial charge is 0.449 e. The first-order valence-electron chi connectivity index (χ1n) is 9.72. The van der Waals surface area contributed by atoms with Crippen molar-refractivity contribution in [2.45, 2.75) is 46.7 Å². The molecule has 5 nitrogen and oxygen atoms in total. The maximum absolute atomic E-state index is 13.3. The minimum atomic E-state index is -0.345. The van der Waals surface area contributed by atoms with Gasteiger partial charge in [0.1, 0.15) is 11.1 Å². The molecule has 0 bridgehead atoms. The highest BCUT2D eigenvalue weighted by molar-refractivity contribution is 6.02. The highest BCUT2D eigenvalue weighted by atomic mass is 16.3. The molecule has 0 atom stereocenters. The van der Waals surface area contributed by atoms with Gasteiger partial charge in [0, 0.05) is 11.9 Å². The van der Waals surface area contributed by atoms with Gasteiger partial charge >= 0.3 is 5.69 Å². The minimum Gasteiger partial charge on any atom is -0.449 e. The van der Waals surface area contributed by atoms with E-state index in [0.717, 1.165) is 34.9 Å². The van der Waals surface area contributed by atoms with Crippen molar-refractivity contribution >= 4 is 22.1 Å². The van der Waals surface area contributed by atoms with Gasteiger partial charge in [-0.25, -0.2) is 4.79 Å². The lowest BCUT2D eigenvalue weighted by atomic mass is 10.1. The fourth-order valence-electron chi connectivity index (χ4n) is 3.70. The topological polar surface area (TPSA) is 57.1 Å². The van der Waals surface area contributed by atoms with Gasteiger partial charge < -0.3 is 4.42 Å². The van der Waals surface area contributed by atoms with Gasteiger partial charge in [-0.2, -0.15) is 0 Å². The van der Waals surface area contributed by atoms with Crippen LogP contribution in [-0.4, -0.2) is 9.13 Å². The van der Waals surface area contributed by atoms with E-state index in [1.165, 1.54) is 4.57 Å². The van der Waals surface area contributed by atoms with Gasteiger partial charge in [-0.15, -0.1) is 0 Å². The smallest absolute Gasteiger partial charge is 0.331 e. The summed E-state index contributed by atoms with van der Waals surface area (Å²) in [5.74, 6) is 0. The second kappa shape index (κ2) is 7.15. The maximum atomic E-state index is 13.3. The van der Waals surface area contributed by atoms with E-state index in [1.807, 2.05) is 45.0 Å². The number of hydrogen-bond donors (Lipinski definition) is 0. The van der Waals surface area contributed by atoms with Crippen LogP contribution in [0.1, 0.15) is 36.5 Å². The van der Waals surface area contributed by atoms with Crippen LogP contribution in [0.4, 0.5) is 0 Å². The fourth-order valence-corrected chi connectivity index (χ4v) is 3.70. The van der Waals surface area contributed by atoms with Crippen molar-refractivity contribution in [2.24, 2.45) is 0 Å². The summed E-state index contributed by atoms with van der Waals surface area (Å²) >= 11 is 0. The van der Waals surface area contributed by atoms with Crippen LogP contribution >= 0.6 is 0 Å². The quantitative estimate of drug-likeness (QED) is 0.519. The lowest BCUT2D eigenvalue weighted by Crippen LogP contribution is -2.40. The summed E-state index contributed by atoms with van der Waals surface area (Å²) in [6.07, 6.45) is 1.67. The van der Waals surface area contributed by atoms with Crippen molar-refractivity contribution in [3.63, 3.8) is 0 Å². The van der Waals surface area contributed by atoms with E-state index in [-0.39, 0.29) is 16.8 Å². The first-order valence-corrected chi connectivity index (χ1v) is 9.72. The third-order valence-corrected chi connectivity index (χ3v) is 5.31. The molecule has 0 aliphatic carbocycles. The standard InChI is InChI=1S/C23H24N2O3/c1-4-5-12-24-22(26)21-20(18-8-6-7-9-19(18)28-21)25(23(24)27)14-17-13-15(2)10-11-16(17)3/h6-11,13H,4-5,12,14H2,1-3H3. The zero-order chi connectivity index (χ0) is 19.8. The van der Waals surface area contributed by atoms with Crippen molar-refractivity contribution < 1.29 is 4.42 Å². The monoisotopic (exact) mass is 376 g/mol. The molecule has 0 radical (unpaired) electrons. The van der Waals surface area contributed by atoms with Crippen LogP contribution in [0.25, 0.3) is 22.1 Å². The lowest BCUT2D eigenvalue weighted by molar-refractivity contribution is 0.545. The molecule has 0 aliphatic rings. The second-order valence-electron chi connectivity index (χ2n) is 7.38. The number of nitrogens with zero attached hydrogens (tertiary/aromatic N) is 2. The number of furan rings is 1. The number of aryl methyl sites for hydroxylation is 2. The van der Waals surface area contributed by atoms with E-state index in [1.54, 1.807) is 4.57 Å². The van der Waals surface area contributed by atoms with Crippen LogP contribution < -0.4 is 11.2 Å². The number of unbranched alkanes of at least 4 members (excludes halogenated alkanes) is 1. The number of benzene rings is 2. The molecule has 4 aromatic rings. The van der Waals surface area contributed by atoms with E-state index in [4.69, 9.17) is 4.42 Å². The first-order chi connectivity index (χ1) is 13.5. The Labute approximate surface area is 162 Å². The third kappa shape index (κ3) is 2.97. The molecular weight excluding hydrogens is 352 g/mol. The van der Waals surface area contributed by atoms with Gasteiger partial charge in [-0.3, -0.25) is 13.9 Å². The molecule has 0 amide bonds. The number of hydrogen-bond acceptors (Lipinski definition) is 3. The average molecular weight is 376 g/mol. The van der Waals surface area contributed by atoms with E-state index in [0.29, 0.717) is 24.2 Å². The van der Waals surface area contributed by atoms with E-state index >= 15 is 0 Å². The molecule has 5 heteroatoms. The van der Waals surface area contributed by atoms with Gasteiger partial charge in [-0.05, 0) is 43.5 Å². The molecule has 28 heavy (non-hydrogen) atoms. The number of aromatic nitrogens is 2. The summed E-state index contributed by atoms with van der Waals surface area (Å²) < 4.78 is 8.91. The number of rotatable bonds is 5. The Morgan fingerprint density at radius 3 is 2.57 bits per heavy atom. The van der Waals surface area contributed by atoms with Gasteiger partial charge in [0.2, 0.25) is 5.58 Å². The Morgan fingerprint density at radius 1 is 1.00 bits per heavy atom. The molecule has 0 fully saturated rings. The minimum absolute atomic E-state index is 0.252. The van der Waals surface area contributed by atoms with E-state index in [9.17, 15) is 9.59 Å². The van der Waals surface area contributed by atoms with E-state index in [2.05, 4.69) is 18.2 Å². The van der Waals surface area contributed by atoms with Crippen LogP contribution in [0.3, 0.4) is 0 Å². The molecule has 0 N–H and O–H groups in total. The highest BCUT2D eigenvalue weighted by Gasteiger charge is 2.20. The van der Waals surface area contributed by atoms with Crippen molar-refractivity contribution in [1.82, 2.24) is 9.13 Å². The van der Waals surface area contributed by atoms with Crippen LogP contribution in [-0.2, 0) is 13.1 Å². The summed E-state index contributed by atoms with van der Waals surface area (Å²) in [5.41, 5.74) is 4.15. The predicted molar refractivity (Wildman–Crippen MR) is 112 cm³/mol. The molecule has 0 saturated carbocycles. The number of fused-ring (bicyclic) bond motifs is 3. The van der Waals surface area contributed by atoms with Crippen molar-refractivity contribution in [1.29, 1.82) is 0 Å². The SMILES string of the molecule is CCCCn1c(=O)c2oc3ccccc3c2n(Cc2cc(C)ccc2C)c1=O. The Hall–Kier alpha value is -3.08. The Balaban J connectivity index is 2.06. The van der Waals surface area contributed by atoms with Crippen LogP contribution in [0.15, 0.2) is 56.5 Å². The lowest BCUT2D eigenvalue weighted by Gasteiger charge is -2.14. The van der Waals surface area contributed by atoms with Crippen molar-refractivity contribution in [3.8, 4) is 0 Å². The van der Waals surface area contributed by atoms with Gasteiger partial charge in [-0.1, -0.05) is 49.2 Å². The first kappa shape index (κ1) is 18.3. The fraction of sp³-hybridized carbons (Fsp3) is 0.304. The Bertz CT molecular complexity index is 1290. The molecule has 144 valence electrons. The Kier molecular flexibility index (Phi) is 4.67. The Morgan fingerprint density at radius 2 is 1.79 bits per heavy atom. The zero-order valence-electron chi connectivity index (χ0n) is 16.5. The average Bonchev–Trinajstić information content (AvgIpc) is 3.07. The molecule has 2 aromatic heterocycles. The molecule has 0 spiro atoms. The summed E-state index contributed by atoms with van der Waals surface area (Å²) in [5, 5.41) is 0.791. The molecule has 0 aliphatic heterocycles. The van der Waals surface area contributed by atoms with Crippen LogP contribution in [0, 0.1) is 13.8 Å². The summed E-state index contributed by atoms with van der Waals surface area (Å²) in [6, 6.07) is 13.7. The molecule has 0 unspecified atom stereocenters. The van der Waals surface area contributed by atoms with Crippen molar-refractivity contribution in [3.05, 3.63) is 80.0 Å². The number of para-hydroxylation sites is 1. The maximum Gasteiger partial charge on any atom is 0.331 e. The molecule has 2 heterocycles. The van der Waals surface area contributed by atoms with Crippen molar-refractivity contribution in [2.75, 3.05) is 0 Å². The second-order valence-corrected chi connectivity index (χ2v) is 7.38.